The van der Waals surface area contributed by atoms with Crippen molar-refractivity contribution in [1.82, 2.24) is 0 Å². The third-order valence-corrected chi connectivity index (χ3v) is 17.7. The molecule has 9 nitrogen and oxygen atoms in total. The normalized spacial score (nSPS) is 13.5. The van der Waals surface area contributed by atoms with E-state index in [-0.39, 0.29) is 32.0 Å². The van der Waals surface area contributed by atoms with Crippen LogP contribution in [0.3, 0.4) is 0 Å². The Morgan fingerprint density at radius 3 is 0.966 bits per heavy atom. The molecule has 0 radical (unpaired) electrons. The smallest absolute Gasteiger partial charge is 0.306 e. The number of carbonyl (C=O) groups excluding carboxylic acids is 2. The highest BCUT2D eigenvalue weighted by Crippen LogP contribution is 2.38. The van der Waals surface area contributed by atoms with Crippen LogP contribution in [0.25, 0.3) is 0 Å². The first kappa shape index (κ1) is 85.5. The molecular formula is C78H144NO8P. The summed E-state index contributed by atoms with van der Waals surface area (Å²) in [4.78, 5) is 38.1. The fourth-order valence-corrected chi connectivity index (χ4v) is 11.7. The van der Waals surface area contributed by atoms with Gasteiger partial charge in [0.1, 0.15) is 19.8 Å². The Kier molecular flexibility index (Phi) is 66.8. The van der Waals surface area contributed by atoms with Gasteiger partial charge >= 0.3 is 11.9 Å². The van der Waals surface area contributed by atoms with Crippen molar-refractivity contribution in [3.63, 3.8) is 0 Å². The van der Waals surface area contributed by atoms with E-state index >= 15 is 0 Å². The molecule has 0 aromatic heterocycles. The molecule has 514 valence electrons. The molecule has 0 amide bonds. The number of esters is 2. The molecule has 0 aromatic rings. The van der Waals surface area contributed by atoms with Gasteiger partial charge in [-0.15, -0.1) is 0 Å². The van der Waals surface area contributed by atoms with E-state index in [2.05, 4.69) is 86.8 Å². The number of rotatable bonds is 70. The van der Waals surface area contributed by atoms with Gasteiger partial charge in [-0.05, 0) is 64.2 Å². The second-order valence-corrected chi connectivity index (χ2v) is 28.1. The number of ether oxygens (including phenoxy) is 2. The molecule has 0 fully saturated rings. The lowest BCUT2D eigenvalue weighted by Gasteiger charge is -2.28. The van der Waals surface area contributed by atoms with Crippen molar-refractivity contribution < 1.29 is 42.1 Å². The first-order valence-electron chi connectivity index (χ1n) is 37.6. The van der Waals surface area contributed by atoms with Gasteiger partial charge in [-0.1, -0.05) is 356 Å². The Morgan fingerprint density at radius 1 is 0.364 bits per heavy atom. The van der Waals surface area contributed by atoms with Crippen LogP contribution in [-0.4, -0.2) is 70.0 Å². The van der Waals surface area contributed by atoms with Crippen LogP contribution in [-0.2, 0) is 32.7 Å². The highest BCUT2D eigenvalue weighted by Gasteiger charge is 2.22. The number of likely N-dealkylation sites (N-methyl/N-ethyl adjacent to an activating group) is 1. The van der Waals surface area contributed by atoms with Crippen molar-refractivity contribution in [2.24, 2.45) is 0 Å². The number of phosphoric ester groups is 1. The fraction of sp³-hybridized carbons (Fsp3) is 0.821. The number of hydrogen-bond acceptors (Lipinski definition) is 8. The Labute approximate surface area is 546 Å². The Hall–Kier alpha value is -2.55. The van der Waals surface area contributed by atoms with Crippen molar-refractivity contribution in [1.29, 1.82) is 0 Å². The van der Waals surface area contributed by atoms with Crippen molar-refractivity contribution in [3.8, 4) is 0 Å². The summed E-state index contributed by atoms with van der Waals surface area (Å²) in [5.74, 6) is -0.817. The molecule has 0 heterocycles. The molecule has 2 atom stereocenters. The van der Waals surface area contributed by atoms with Crippen LogP contribution in [0.15, 0.2) is 72.9 Å². The Morgan fingerprint density at radius 2 is 0.648 bits per heavy atom. The summed E-state index contributed by atoms with van der Waals surface area (Å²) in [6, 6.07) is 0. The molecule has 0 bridgehead atoms. The van der Waals surface area contributed by atoms with Gasteiger partial charge in [-0.25, -0.2) is 0 Å². The van der Waals surface area contributed by atoms with E-state index in [4.69, 9.17) is 18.5 Å². The van der Waals surface area contributed by atoms with E-state index in [1.165, 1.54) is 250 Å². The van der Waals surface area contributed by atoms with Crippen molar-refractivity contribution in [2.75, 3.05) is 47.5 Å². The quantitative estimate of drug-likeness (QED) is 0.0195. The summed E-state index contributed by atoms with van der Waals surface area (Å²) in [7, 11) is 1.18. The zero-order chi connectivity index (χ0) is 64.1. The van der Waals surface area contributed by atoms with Gasteiger partial charge < -0.3 is 27.9 Å². The topological polar surface area (TPSA) is 111 Å². The molecule has 2 unspecified atom stereocenters. The summed E-state index contributed by atoms with van der Waals surface area (Å²) in [6.45, 7) is 4.19. The van der Waals surface area contributed by atoms with Crippen LogP contribution >= 0.6 is 7.82 Å². The molecule has 0 spiro atoms. The molecule has 0 saturated heterocycles. The van der Waals surface area contributed by atoms with Crippen LogP contribution in [0.2, 0.25) is 0 Å². The SMILES string of the molecule is CC/C=C\C/C=C\C/C=C\C/C=C\C/C=C\C/C=C\CCCCCCCCCCCCCCCCC(=O)OC(COC(=O)CCCCCCCCCCCCCCCCCCCCCCCCCCCCCCCCC)COP(=O)([O-])OCC[N+](C)(C)C. The van der Waals surface area contributed by atoms with Crippen molar-refractivity contribution in [2.45, 2.75) is 367 Å². The lowest BCUT2D eigenvalue weighted by atomic mass is 10.0. The van der Waals surface area contributed by atoms with Gasteiger partial charge in [-0.3, -0.25) is 14.2 Å². The molecule has 0 saturated carbocycles. The van der Waals surface area contributed by atoms with Crippen LogP contribution in [0.4, 0.5) is 0 Å². The largest absolute Gasteiger partial charge is 0.756 e. The van der Waals surface area contributed by atoms with Crippen molar-refractivity contribution in [3.05, 3.63) is 72.9 Å². The third kappa shape index (κ3) is 72.5. The fourth-order valence-electron chi connectivity index (χ4n) is 11.0. The second-order valence-electron chi connectivity index (χ2n) is 26.6. The maximum absolute atomic E-state index is 12.9. The van der Waals surface area contributed by atoms with E-state index in [9.17, 15) is 19.0 Å². The minimum atomic E-state index is -4.64. The first-order valence-corrected chi connectivity index (χ1v) is 39.1. The van der Waals surface area contributed by atoms with Gasteiger partial charge in [0.25, 0.3) is 7.82 Å². The average molecular weight is 1250 g/mol. The van der Waals surface area contributed by atoms with E-state index in [0.717, 1.165) is 77.0 Å². The van der Waals surface area contributed by atoms with E-state index in [1.807, 2.05) is 21.1 Å². The van der Waals surface area contributed by atoms with Crippen LogP contribution in [0, 0.1) is 0 Å². The van der Waals surface area contributed by atoms with Gasteiger partial charge in [0.2, 0.25) is 0 Å². The summed E-state index contributed by atoms with van der Waals surface area (Å²) in [5.41, 5.74) is 0. The van der Waals surface area contributed by atoms with E-state index < -0.39 is 26.5 Å². The molecule has 0 aromatic carbocycles. The number of carbonyl (C=O) groups is 2. The van der Waals surface area contributed by atoms with Gasteiger partial charge in [0.15, 0.2) is 6.10 Å². The monoisotopic (exact) mass is 1250 g/mol. The lowest BCUT2D eigenvalue weighted by Crippen LogP contribution is -2.37. The lowest BCUT2D eigenvalue weighted by molar-refractivity contribution is -0.870. The maximum atomic E-state index is 12.9. The minimum Gasteiger partial charge on any atom is -0.756 e. The number of nitrogens with zero attached hydrogens (tertiary/aromatic N) is 1. The van der Waals surface area contributed by atoms with Gasteiger partial charge in [0.05, 0.1) is 27.7 Å². The summed E-state index contributed by atoms with van der Waals surface area (Å²) >= 11 is 0. The maximum Gasteiger partial charge on any atom is 0.306 e. The summed E-state index contributed by atoms with van der Waals surface area (Å²) in [5, 5.41) is 0. The highest BCUT2D eigenvalue weighted by atomic mass is 31.2. The zero-order valence-electron chi connectivity index (χ0n) is 58.7. The average Bonchev–Trinajstić information content (AvgIpc) is 3.56. The standard InChI is InChI=1S/C78H144NO8P/c1-6-8-10-12-14-16-18-20-22-24-26-28-30-32-34-36-38-39-41-43-45-47-49-51-53-55-57-59-61-63-65-67-69-71-78(81)87-76(75-86-88(82,83)85-73-72-79(3,4)5)74-84-77(80)70-68-66-64-62-60-58-56-54-52-50-48-46-44-42-40-37-35-33-31-29-27-25-23-21-19-17-15-13-11-9-7-2/h8,10,14,16,20,22,26,28,32,34,38-39,76H,6-7,9,11-13,15,17-19,21,23-25,27,29-31,33,35-37,40-75H2,1-5H3/b10-8-,16-14-,22-20-,28-26-,34-32-,39-38-. The summed E-state index contributed by atoms with van der Waals surface area (Å²) in [6.07, 6.45) is 92.9. The summed E-state index contributed by atoms with van der Waals surface area (Å²) < 4.78 is 34.4. The van der Waals surface area contributed by atoms with E-state index in [1.54, 1.807) is 0 Å². The predicted molar refractivity (Wildman–Crippen MR) is 379 cm³/mol. The van der Waals surface area contributed by atoms with Crippen LogP contribution in [0.5, 0.6) is 0 Å². The molecule has 0 rings (SSSR count). The second kappa shape index (κ2) is 68.8. The first-order chi connectivity index (χ1) is 43.0. The Balaban J connectivity index is 3.98. The van der Waals surface area contributed by atoms with Gasteiger partial charge in [0, 0.05) is 12.8 Å². The predicted octanol–water partition coefficient (Wildman–Crippen LogP) is 24.1. The van der Waals surface area contributed by atoms with E-state index in [0.29, 0.717) is 17.4 Å². The molecule has 88 heavy (non-hydrogen) atoms. The highest BCUT2D eigenvalue weighted by molar-refractivity contribution is 7.45. The van der Waals surface area contributed by atoms with Gasteiger partial charge in [-0.2, -0.15) is 0 Å². The zero-order valence-corrected chi connectivity index (χ0v) is 59.6. The number of quaternary nitrogens is 1. The molecule has 0 aliphatic carbocycles. The number of phosphoric acid groups is 1. The number of hydrogen-bond donors (Lipinski definition) is 0. The third-order valence-electron chi connectivity index (χ3n) is 16.7. The number of unbranched alkanes of at least 4 members (excludes halogenated alkanes) is 44. The molecule has 0 N–H and O–H groups in total. The number of allylic oxidation sites excluding steroid dienone is 12. The Bertz CT molecular complexity index is 1710. The molecule has 10 heteroatoms. The molecular weight excluding hydrogens is 1110 g/mol. The molecule has 0 aliphatic rings. The minimum absolute atomic E-state index is 0.0306. The molecule has 0 aliphatic heterocycles. The van der Waals surface area contributed by atoms with Crippen molar-refractivity contribution >= 4 is 19.8 Å². The van der Waals surface area contributed by atoms with Crippen LogP contribution < -0.4 is 4.89 Å². The van der Waals surface area contributed by atoms with Crippen LogP contribution in [0.1, 0.15) is 361 Å².